The van der Waals surface area contributed by atoms with Crippen molar-refractivity contribution < 1.29 is 9.18 Å². The summed E-state index contributed by atoms with van der Waals surface area (Å²) in [5.41, 5.74) is 1.08. The van der Waals surface area contributed by atoms with Crippen LogP contribution in [0.4, 0.5) is 4.39 Å². The Morgan fingerprint density at radius 2 is 2.09 bits per heavy atom. The van der Waals surface area contributed by atoms with Crippen LogP contribution in [0.3, 0.4) is 0 Å². The molecule has 0 saturated carbocycles. The molecule has 2 aromatic rings. The van der Waals surface area contributed by atoms with Crippen LogP contribution in [0, 0.1) is 11.7 Å². The fourth-order valence-corrected chi connectivity index (χ4v) is 2.61. The van der Waals surface area contributed by atoms with E-state index in [1.807, 2.05) is 0 Å². The first kappa shape index (κ1) is 17.4. The van der Waals surface area contributed by atoms with E-state index in [4.69, 9.17) is 0 Å². The van der Waals surface area contributed by atoms with Gasteiger partial charge in [0.25, 0.3) is 5.91 Å². The van der Waals surface area contributed by atoms with E-state index in [0.717, 1.165) is 19.5 Å². The minimum Gasteiger partial charge on any atom is -0.346 e. The van der Waals surface area contributed by atoms with Gasteiger partial charge in [0, 0.05) is 18.8 Å². The Morgan fingerprint density at radius 1 is 1.35 bits per heavy atom. The van der Waals surface area contributed by atoms with Gasteiger partial charge in [0.15, 0.2) is 5.69 Å². The normalized spacial score (nSPS) is 20.6. The number of piperidine rings is 1. The van der Waals surface area contributed by atoms with Gasteiger partial charge in [0.1, 0.15) is 5.82 Å². The number of carbonyl (C=O) groups is 1. The Labute approximate surface area is 140 Å². The van der Waals surface area contributed by atoms with Crippen molar-refractivity contribution in [3.8, 4) is 5.69 Å². The summed E-state index contributed by atoms with van der Waals surface area (Å²) in [6.45, 7) is 3.92. The average Bonchev–Trinajstić information content (AvgIpc) is 3.00. The first-order valence-electron chi connectivity index (χ1n) is 7.46. The number of halogens is 2. The van der Waals surface area contributed by atoms with E-state index in [1.165, 1.54) is 12.1 Å². The first-order chi connectivity index (χ1) is 10.6. The third-order valence-corrected chi connectivity index (χ3v) is 4.06. The van der Waals surface area contributed by atoms with Gasteiger partial charge in [-0.15, -0.1) is 12.4 Å². The predicted molar refractivity (Wildman–Crippen MR) is 88.7 cm³/mol. The second kappa shape index (κ2) is 7.57. The van der Waals surface area contributed by atoms with Crippen LogP contribution in [0.2, 0.25) is 0 Å². The summed E-state index contributed by atoms with van der Waals surface area (Å²) in [5.74, 6) is -0.0292. The van der Waals surface area contributed by atoms with Crippen LogP contribution in [-0.4, -0.2) is 34.8 Å². The Hall–Kier alpha value is -1.92. The highest BCUT2D eigenvalue weighted by atomic mass is 35.5. The SMILES string of the molecule is CC1CCNCC1NC(=O)c1ccn(-c2ccc(F)cc2)n1.Cl. The minimum absolute atomic E-state index is 0. The van der Waals surface area contributed by atoms with Crippen molar-refractivity contribution in [1.29, 1.82) is 0 Å². The molecule has 3 rings (SSSR count). The molecular formula is C16H20ClFN4O. The molecule has 7 heteroatoms. The summed E-state index contributed by atoms with van der Waals surface area (Å²) in [6.07, 6.45) is 2.75. The molecule has 124 valence electrons. The van der Waals surface area contributed by atoms with E-state index in [9.17, 15) is 9.18 Å². The highest BCUT2D eigenvalue weighted by molar-refractivity contribution is 5.92. The summed E-state index contributed by atoms with van der Waals surface area (Å²) < 4.78 is 14.5. The second-order valence-corrected chi connectivity index (χ2v) is 5.67. The zero-order valence-corrected chi connectivity index (χ0v) is 13.6. The van der Waals surface area contributed by atoms with Crippen molar-refractivity contribution in [2.45, 2.75) is 19.4 Å². The molecule has 1 aromatic heterocycles. The maximum atomic E-state index is 12.9. The number of nitrogens with zero attached hydrogens (tertiary/aromatic N) is 2. The van der Waals surface area contributed by atoms with Gasteiger partial charge in [-0.2, -0.15) is 5.10 Å². The van der Waals surface area contributed by atoms with Gasteiger partial charge in [0.05, 0.1) is 5.69 Å². The van der Waals surface area contributed by atoms with Crippen LogP contribution < -0.4 is 10.6 Å². The largest absolute Gasteiger partial charge is 0.346 e. The van der Waals surface area contributed by atoms with Crippen LogP contribution in [0.1, 0.15) is 23.8 Å². The number of aromatic nitrogens is 2. The summed E-state index contributed by atoms with van der Waals surface area (Å²) in [6, 6.07) is 7.77. The Kier molecular flexibility index (Phi) is 5.74. The molecule has 1 saturated heterocycles. The van der Waals surface area contributed by atoms with E-state index >= 15 is 0 Å². The third kappa shape index (κ3) is 4.09. The van der Waals surface area contributed by atoms with Gasteiger partial charge in [-0.05, 0) is 49.2 Å². The van der Waals surface area contributed by atoms with Gasteiger partial charge >= 0.3 is 0 Å². The monoisotopic (exact) mass is 338 g/mol. The minimum atomic E-state index is -0.298. The number of nitrogens with one attached hydrogen (secondary N) is 2. The van der Waals surface area contributed by atoms with E-state index in [2.05, 4.69) is 22.7 Å². The van der Waals surface area contributed by atoms with E-state index < -0.39 is 0 Å². The summed E-state index contributed by atoms with van der Waals surface area (Å²) in [4.78, 5) is 12.3. The average molecular weight is 339 g/mol. The van der Waals surface area contributed by atoms with Crippen LogP contribution in [0.5, 0.6) is 0 Å². The fourth-order valence-electron chi connectivity index (χ4n) is 2.61. The van der Waals surface area contributed by atoms with Gasteiger partial charge in [-0.3, -0.25) is 4.79 Å². The molecule has 1 aromatic carbocycles. The number of amides is 1. The van der Waals surface area contributed by atoms with Crippen molar-refractivity contribution in [3.63, 3.8) is 0 Å². The van der Waals surface area contributed by atoms with Crippen LogP contribution in [0.15, 0.2) is 36.5 Å². The van der Waals surface area contributed by atoms with Crippen molar-refractivity contribution >= 4 is 18.3 Å². The Morgan fingerprint density at radius 3 is 2.78 bits per heavy atom. The summed E-state index contributed by atoms with van der Waals surface area (Å²) in [7, 11) is 0. The standard InChI is InChI=1S/C16H19FN4O.ClH/c1-11-6-8-18-10-15(11)19-16(22)14-7-9-21(20-14)13-4-2-12(17)3-5-13;/h2-5,7,9,11,15,18H,6,8,10H2,1H3,(H,19,22);1H. The summed E-state index contributed by atoms with van der Waals surface area (Å²) in [5, 5.41) is 10.6. The van der Waals surface area contributed by atoms with Crippen LogP contribution in [-0.2, 0) is 0 Å². The molecule has 2 atom stereocenters. The topological polar surface area (TPSA) is 58.9 Å². The zero-order valence-electron chi connectivity index (χ0n) is 12.8. The van der Waals surface area contributed by atoms with Crippen molar-refractivity contribution in [3.05, 3.63) is 48.0 Å². The van der Waals surface area contributed by atoms with E-state index in [-0.39, 0.29) is 30.2 Å². The molecule has 2 N–H and O–H groups in total. The number of benzene rings is 1. The van der Waals surface area contributed by atoms with Crippen molar-refractivity contribution in [2.75, 3.05) is 13.1 Å². The smallest absolute Gasteiger partial charge is 0.272 e. The van der Waals surface area contributed by atoms with Crippen LogP contribution in [0.25, 0.3) is 5.69 Å². The second-order valence-electron chi connectivity index (χ2n) is 5.67. The molecule has 2 heterocycles. The fraction of sp³-hybridized carbons (Fsp3) is 0.375. The van der Waals surface area contributed by atoms with Crippen molar-refractivity contribution in [1.82, 2.24) is 20.4 Å². The number of rotatable bonds is 3. The van der Waals surface area contributed by atoms with Gasteiger partial charge in [0.2, 0.25) is 0 Å². The number of hydrogen-bond donors (Lipinski definition) is 2. The molecule has 0 bridgehead atoms. The molecule has 2 unspecified atom stereocenters. The number of hydrogen-bond acceptors (Lipinski definition) is 3. The Balaban J connectivity index is 0.00000192. The highest BCUT2D eigenvalue weighted by Gasteiger charge is 2.23. The van der Waals surface area contributed by atoms with Gasteiger partial charge in [-0.1, -0.05) is 6.92 Å². The lowest BCUT2D eigenvalue weighted by Gasteiger charge is -2.29. The molecule has 5 nitrogen and oxygen atoms in total. The lowest BCUT2D eigenvalue weighted by Crippen LogP contribution is -2.50. The van der Waals surface area contributed by atoms with E-state index in [1.54, 1.807) is 29.1 Å². The summed E-state index contributed by atoms with van der Waals surface area (Å²) >= 11 is 0. The molecule has 0 aliphatic carbocycles. The Bertz CT molecular complexity index is 658. The quantitative estimate of drug-likeness (QED) is 0.901. The lowest BCUT2D eigenvalue weighted by atomic mass is 9.95. The third-order valence-electron chi connectivity index (χ3n) is 4.06. The molecule has 1 amide bonds. The van der Waals surface area contributed by atoms with Crippen LogP contribution >= 0.6 is 12.4 Å². The van der Waals surface area contributed by atoms with Crippen molar-refractivity contribution in [2.24, 2.45) is 5.92 Å². The maximum Gasteiger partial charge on any atom is 0.272 e. The zero-order chi connectivity index (χ0) is 15.5. The first-order valence-corrected chi connectivity index (χ1v) is 7.46. The molecule has 1 fully saturated rings. The number of carbonyl (C=O) groups excluding carboxylic acids is 1. The molecule has 1 aliphatic heterocycles. The van der Waals surface area contributed by atoms with E-state index in [0.29, 0.717) is 17.3 Å². The predicted octanol–water partition coefficient (Wildman–Crippen LogP) is 2.16. The van der Waals surface area contributed by atoms with Gasteiger partial charge < -0.3 is 10.6 Å². The molecule has 1 aliphatic rings. The highest BCUT2D eigenvalue weighted by Crippen LogP contribution is 2.13. The molecule has 0 spiro atoms. The molecular weight excluding hydrogens is 319 g/mol. The molecule has 0 radical (unpaired) electrons. The lowest BCUT2D eigenvalue weighted by molar-refractivity contribution is 0.0909. The molecule has 23 heavy (non-hydrogen) atoms. The maximum absolute atomic E-state index is 12.9. The van der Waals surface area contributed by atoms with Gasteiger partial charge in [-0.25, -0.2) is 9.07 Å².